The molecular formula is C20H28O7. The van der Waals surface area contributed by atoms with Crippen molar-refractivity contribution >= 4 is 11.8 Å². The number of carbonyl (C=O) groups excluding carboxylic acids is 2. The first-order chi connectivity index (χ1) is 12.5. The van der Waals surface area contributed by atoms with Crippen LogP contribution in [-0.2, 0) is 19.1 Å². The van der Waals surface area contributed by atoms with E-state index in [2.05, 4.69) is 0 Å². The summed E-state index contributed by atoms with van der Waals surface area (Å²) in [5.74, 6) is -2.08. The van der Waals surface area contributed by atoms with Gasteiger partial charge in [0.2, 0.25) is 0 Å². The number of rotatable bonds is 0. The summed E-state index contributed by atoms with van der Waals surface area (Å²) < 4.78 is 11.5. The Morgan fingerprint density at radius 2 is 1.81 bits per heavy atom. The minimum absolute atomic E-state index is 0.194. The molecule has 5 rings (SSSR count). The van der Waals surface area contributed by atoms with E-state index in [9.17, 15) is 24.9 Å². The van der Waals surface area contributed by atoms with E-state index in [1.165, 1.54) is 6.92 Å². The zero-order chi connectivity index (χ0) is 19.6. The lowest BCUT2D eigenvalue weighted by Crippen LogP contribution is -2.70. The molecule has 2 bridgehead atoms. The van der Waals surface area contributed by atoms with E-state index in [0.717, 1.165) is 0 Å². The van der Waals surface area contributed by atoms with Gasteiger partial charge in [0.15, 0.2) is 12.1 Å². The number of esters is 1. The van der Waals surface area contributed by atoms with Crippen molar-refractivity contribution in [1.29, 1.82) is 0 Å². The number of hydrogen-bond acceptors (Lipinski definition) is 7. The highest BCUT2D eigenvalue weighted by molar-refractivity contribution is 6.10. The van der Waals surface area contributed by atoms with E-state index in [0.29, 0.717) is 19.3 Å². The second-order valence-electron chi connectivity index (χ2n) is 10.2. The molecule has 3 aliphatic carbocycles. The Kier molecular flexibility index (Phi) is 3.29. The fourth-order valence-corrected chi connectivity index (χ4v) is 7.56. The van der Waals surface area contributed by atoms with Crippen molar-refractivity contribution in [2.45, 2.75) is 70.6 Å². The molecule has 0 amide bonds. The second-order valence-corrected chi connectivity index (χ2v) is 10.2. The normalized spacial score (nSPS) is 58.3. The molecule has 0 aromatic carbocycles. The number of ether oxygens (including phenoxy) is 2. The van der Waals surface area contributed by atoms with Crippen LogP contribution in [0.1, 0.15) is 46.5 Å². The van der Waals surface area contributed by atoms with E-state index in [1.54, 1.807) is 0 Å². The highest BCUT2D eigenvalue weighted by Crippen LogP contribution is 2.71. The lowest BCUT2D eigenvalue weighted by molar-refractivity contribution is -0.253. The van der Waals surface area contributed by atoms with Crippen LogP contribution in [0.3, 0.4) is 0 Å². The first-order valence-electron chi connectivity index (χ1n) is 9.96. The second kappa shape index (κ2) is 4.93. The van der Waals surface area contributed by atoms with Crippen LogP contribution < -0.4 is 0 Å². The highest BCUT2D eigenvalue weighted by Gasteiger charge is 2.80. The molecule has 5 aliphatic rings. The maximum Gasteiger partial charge on any atom is 0.320 e. The van der Waals surface area contributed by atoms with Crippen molar-refractivity contribution in [3.63, 3.8) is 0 Å². The average molecular weight is 380 g/mol. The van der Waals surface area contributed by atoms with Gasteiger partial charge in [0.1, 0.15) is 17.1 Å². The van der Waals surface area contributed by atoms with Crippen molar-refractivity contribution in [2.24, 2.45) is 34.0 Å². The molecule has 2 heterocycles. The monoisotopic (exact) mass is 380 g/mol. The lowest BCUT2D eigenvalue weighted by atomic mass is 9.43. The number of fused-ring (bicyclic) bond motifs is 1. The van der Waals surface area contributed by atoms with Crippen LogP contribution in [0.25, 0.3) is 0 Å². The largest absolute Gasteiger partial charge is 0.461 e. The van der Waals surface area contributed by atoms with Crippen molar-refractivity contribution < 1.29 is 34.4 Å². The molecule has 27 heavy (non-hydrogen) atoms. The van der Waals surface area contributed by atoms with Crippen LogP contribution in [0.2, 0.25) is 0 Å². The molecule has 2 saturated heterocycles. The maximum atomic E-state index is 13.3. The fourth-order valence-electron chi connectivity index (χ4n) is 7.56. The summed E-state index contributed by atoms with van der Waals surface area (Å²) in [6.45, 7) is 5.51. The number of carbonyl (C=O) groups is 2. The molecule has 0 radical (unpaired) electrons. The van der Waals surface area contributed by atoms with Crippen molar-refractivity contribution in [2.75, 3.05) is 6.61 Å². The van der Waals surface area contributed by atoms with Gasteiger partial charge in [-0.2, -0.15) is 0 Å². The summed E-state index contributed by atoms with van der Waals surface area (Å²) >= 11 is 0. The lowest BCUT2D eigenvalue weighted by Gasteiger charge is -2.62. The maximum absolute atomic E-state index is 13.3. The number of aliphatic hydroxyl groups is 3. The fraction of sp³-hybridized carbons (Fsp3) is 0.900. The van der Waals surface area contributed by atoms with E-state index in [4.69, 9.17) is 9.47 Å². The molecule has 9 unspecified atom stereocenters. The first kappa shape index (κ1) is 18.0. The minimum atomic E-state index is -1.53. The third-order valence-electron chi connectivity index (χ3n) is 8.95. The molecule has 3 saturated carbocycles. The molecule has 7 heteroatoms. The molecule has 0 aromatic heterocycles. The van der Waals surface area contributed by atoms with Crippen LogP contribution in [0, 0.1) is 34.0 Å². The van der Waals surface area contributed by atoms with Gasteiger partial charge in [-0.15, -0.1) is 0 Å². The Bertz CT molecular complexity index is 730. The molecule has 7 nitrogen and oxygen atoms in total. The number of ketones is 1. The van der Waals surface area contributed by atoms with Gasteiger partial charge in [0, 0.05) is 17.8 Å². The molecule has 0 aromatic rings. The zero-order valence-electron chi connectivity index (χ0n) is 16.0. The molecule has 5 fully saturated rings. The van der Waals surface area contributed by atoms with Crippen molar-refractivity contribution in [1.82, 2.24) is 0 Å². The van der Waals surface area contributed by atoms with Gasteiger partial charge >= 0.3 is 5.97 Å². The number of aliphatic hydroxyl groups excluding tert-OH is 2. The zero-order valence-corrected chi connectivity index (χ0v) is 16.0. The molecule has 9 atom stereocenters. The van der Waals surface area contributed by atoms with Gasteiger partial charge < -0.3 is 24.8 Å². The van der Waals surface area contributed by atoms with Crippen LogP contribution in [-0.4, -0.2) is 57.8 Å². The van der Waals surface area contributed by atoms with Gasteiger partial charge in [-0.3, -0.25) is 9.59 Å². The van der Waals surface area contributed by atoms with Gasteiger partial charge in [0.25, 0.3) is 0 Å². The summed E-state index contributed by atoms with van der Waals surface area (Å²) in [5.41, 5.74) is -4.28. The predicted molar refractivity (Wildman–Crippen MR) is 91.1 cm³/mol. The van der Waals surface area contributed by atoms with E-state index < -0.39 is 58.0 Å². The standard InChI is InChI=1S/C20H28O7/c1-17(2)11(21)6-12-20(8-26-14(22)13(17)20)10-5-4-9-7-19(10,16(24)27-12)15(23)18(9,3)25/h9-14,21-22,25H,4-8H2,1-3H3. The molecular weight excluding hydrogens is 352 g/mol. The molecule has 150 valence electrons. The summed E-state index contributed by atoms with van der Waals surface area (Å²) in [4.78, 5) is 26.5. The third kappa shape index (κ3) is 1.74. The van der Waals surface area contributed by atoms with Crippen LogP contribution in [0.15, 0.2) is 0 Å². The van der Waals surface area contributed by atoms with Crippen molar-refractivity contribution in [3.8, 4) is 0 Å². The van der Waals surface area contributed by atoms with E-state index >= 15 is 0 Å². The predicted octanol–water partition coefficient (Wildman–Crippen LogP) is 0.390. The van der Waals surface area contributed by atoms with Crippen molar-refractivity contribution in [3.05, 3.63) is 0 Å². The van der Waals surface area contributed by atoms with Crippen LogP contribution in [0.4, 0.5) is 0 Å². The topological polar surface area (TPSA) is 113 Å². The summed E-state index contributed by atoms with van der Waals surface area (Å²) in [6.07, 6.45) is -0.608. The number of Topliss-reactive ketones (excluding diaryl/α,β-unsaturated/α-hetero) is 1. The smallest absolute Gasteiger partial charge is 0.320 e. The van der Waals surface area contributed by atoms with Gasteiger partial charge in [-0.05, 0) is 43.4 Å². The molecule has 2 spiro atoms. The Labute approximate surface area is 158 Å². The Hall–Kier alpha value is -1.02. The molecule has 3 N–H and O–H groups in total. The van der Waals surface area contributed by atoms with E-state index in [-0.39, 0.29) is 24.9 Å². The number of hydrogen-bond donors (Lipinski definition) is 3. The summed E-state index contributed by atoms with van der Waals surface area (Å²) in [5, 5.41) is 32.3. The van der Waals surface area contributed by atoms with E-state index in [1.807, 2.05) is 13.8 Å². The quantitative estimate of drug-likeness (QED) is 0.411. The molecule has 2 aliphatic heterocycles. The summed E-state index contributed by atoms with van der Waals surface area (Å²) in [6, 6.07) is 0. The van der Waals surface area contributed by atoms with Gasteiger partial charge in [-0.25, -0.2) is 0 Å². The third-order valence-corrected chi connectivity index (χ3v) is 8.95. The van der Waals surface area contributed by atoms with Crippen LogP contribution in [0.5, 0.6) is 0 Å². The minimum Gasteiger partial charge on any atom is -0.461 e. The van der Waals surface area contributed by atoms with Gasteiger partial charge in [-0.1, -0.05) is 13.8 Å². The average Bonchev–Trinajstić information content (AvgIpc) is 3.02. The first-order valence-corrected chi connectivity index (χ1v) is 9.96. The van der Waals surface area contributed by atoms with Crippen LogP contribution >= 0.6 is 0 Å². The highest BCUT2D eigenvalue weighted by atomic mass is 16.6. The Balaban J connectivity index is 1.71. The Morgan fingerprint density at radius 1 is 1.11 bits per heavy atom. The summed E-state index contributed by atoms with van der Waals surface area (Å²) in [7, 11) is 0. The Morgan fingerprint density at radius 3 is 2.52 bits per heavy atom. The SMILES string of the molecule is CC1(O)C(=O)C23CC1CCC2C12COC(O)C1C(C)(C)C(O)CC2OC3=O. The van der Waals surface area contributed by atoms with Gasteiger partial charge in [0.05, 0.1) is 12.7 Å².